The van der Waals surface area contributed by atoms with Crippen LogP contribution < -0.4 is 0 Å². The van der Waals surface area contributed by atoms with Crippen LogP contribution in [0.15, 0.2) is 24.0 Å². The Hall–Kier alpha value is -1.78. The number of hydrogen-bond acceptors (Lipinski definition) is 3. The standard InChI is InChI=1S/C9H9NO4/c11-4-6-5-2-1-3-7(5)10(8(6)12)9(13)14/h1,3-5,7,11H,2H2,(H,13,14)/t5-,7-/m1/s1. The number of nitrogens with zero attached hydrogens (tertiary/aromatic N) is 1. The summed E-state index contributed by atoms with van der Waals surface area (Å²) in [5, 5.41) is 17.7. The van der Waals surface area contributed by atoms with Gasteiger partial charge in [0.15, 0.2) is 0 Å². The molecule has 5 nitrogen and oxygen atoms in total. The highest BCUT2D eigenvalue weighted by molar-refractivity contribution is 6.05. The van der Waals surface area contributed by atoms with Crippen molar-refractivity contribution in [3.63, 3.8) is 0 Å². The molecule has 0 spiro atoms. The van der Waals surface area contributed by atoms with Crippen LogP contribution in [0, 0.1) is 5.92 Å². The van der Waals surface area contributed by atoms with Crippen LogP contribution in [0.2, 0.25) is 0 Å². The molecule has 2 aliphatic rings. The number of fused-ring (bicyclic) bond motifs is 1. The molecule has 0 aromatic heterocycles. The Labute approximate surface area is 79.9 Å². The molecule has 1 aliphatic heterocycles. The number of carbonyl (C=O) groups excluding carboxylic acids is 1. The van der Waals surface area contributed by atoms with Crippen molar-refractivity contribution >= 4 is 12.0 Å². The van der Waals surface area contributed by atoms with Gasteiger partial charge in [0.2, 0.25) is 0 Å². The number of carbonyl (C=O) groups is 2. The summed E-state index contributed by atoms with van der Waals surface area (Å²) in [5.41, 5.74) is 0.183. The highest BCUT2D eigenvalue weighted by Crippen LogP contribution is 2.37. The molecule has 1 fully saturated rings. The Kier molecular flexibility index (Phi) is 1.80. The van der Waals surface area contributed by atoms with Crippen LogP contribution in [0.3, 0.4) is 0 Å². The monoisotopic (exact) mass is 195 g/mol. The van der Waals surface area contributed by atoms with Crippen LogP contribution in [0.4, 0.5) is 4.79 Å². The molecule has 0 saturated carbocycles. The largest absolute Gasteiger partial charge is 0.515 e. The van der Waals surface area contributed by atoms with E-state index in [1.807, 2.05) is 6.08 Å². The normalized spacial score (nSPS) is 32.7. The molecule has 2 amide bonds. The van der Waals surface area contributed by atoms with Crippen molar-refractivity contribution in [3.8, 4) is 0 Å². The van der Waals surface area contributed by atoms with E-state index in [4.69, 9.17) is 10.2 Å². The molecule has 74 valence electrons. The van der Waals surface area contributed by atoms with Gasteiger partial charge in [-0.25, -0.2) is 9.69 Å². The highest BCUT2D eigenvalue weighted by Gasteiger charge is 2.47. The van der Waals surface area contributed by atoms with Crippen LogP contribution in [0.5, 0.6) is 0 Å². The molecule has 0 aromatic carbocycles. The van der Waals surface area contributed by atoms with Crippen molar-refractivity contribution in [2.75, 3.05) is 0 Å². The lowest BCUT2D eigenvalue weighted by atomic mass is 9.99. The molecule has 0 unspecified atom stereocenters. The maximum absolute atomic E-state index is 11.5. The summed E-state index contributed by atoms with van der Waals surface area (Å²) in [4.78, 5) is 23.0. The summed E-state index contributed by atoms with van der Waals surface area (Å²) in [6.07, 6.45) is 3.56. The van der Waals surface area contributed by atoms with Gasteiger partial charge in [-0.15, -0.1) is 0 Å². The fourth-order valence-electron chi connectivity index (χ4n) is 2.01. The van der Waals surface area contributed by atoms with Crippen molar-refractivity contribution in [1.29, 1.82) is 0 Å². The first-order chi connectivity index (χ1) is 6.66. The Bertz CT molecular complexity index is 358. The zero-order chi connectivity index (χ0) is 10.3. The van der Waals surface area contributed by atoms with Crippen molar-refractivity contribution < 1.29 is 19.8 Å². The van der Waals surface area contributed by atoms with Gasteiger partial charge in [0.25, 0.3) is 5.91 Å². The van der Waals surface area contributed by atoms with Crippen LogP contribution in [-0.4, -0.2) is 33.2 Å². The molecule has 5 heteroatoms. The molecule has 2 atom stereocenters. The second-order valence-corrected chi connectivity index (χ2v) is 3.30. The minimum Gasteiger partial charge on any atom is -0.515 e. The van der Waals surface area contributed by atoms with Gasteiger partial charge >= 0.3 is 6.09 Å². The maximum Gasteiger partial charge on any atom is 0.414 e. The lowest BCUT2D eigenvalue weighted by Crippen LogP contribution is -2.37. The molecule has 2 N–H and O–H groups in total. The second-order valence-electron chi connectivity index (χ2n) is 3.30. The van der Waals surface area contributed by atoms with Gasteiger partial charge in [0.05, 0.1) is 17.9 Å². The van der Waals surface area contributed by atoms with E-state index in [0.29, 0.717) is 6.42 Å². The molecular formula is C9H9NO4. The predicted octanol–water partition coefficient (Wildman–Crippen LogP) is 0.893. The fraction of sp³-hybridized carbons (Fsp3) is 0.333. The average Bonchev–Trinajstić information content (AvgIpc) is 2.62. The topological polar surface area (TPSA) is 77.8 Å². The van der Waals surface area contributed by atoms with Crippen LogP contribution in [-0.2, 0) is 4.79 Å². The summed E-state index contributed by atoms with van der Waals surface area (Å²) < 4.78 is 0. The van der Waals surface area contributed by atoms with Gasteiger partial charge in [-0.1, -0.05) is 12.2 Å². The molecule has 1 heterocycles. The third kappa shape index (κ3) is 0.951. The first-order valence-electron chi connectivity index (χ1n) is 4.24. The van der Waals surface area contributed by atoms with E-state index in [-0.39, 0.29) is 11.5 Å². The smallest absolute Gasteiger partial charge is 0.414 e. The van der Waals surface area contributed by atoms with Crippen LogP contribution in [0.25, 0.3) is 0 Å². The predicted molar refractivity (Wildman–Crippen MR) is 46.6 cm³/mol. The molecule has 1 saturated heterocycles. The minimum atomic E-state index is -1.27. The van der Waals surface area contributed by atoms with Crippen molar-refractivity contribution in [3.05, 3.63) is 24.0 Å². The van der Waals surface area contributed by atoms with Gasteiger partial charge in [0.1, 0.15) is 0 Å². The summed E-state index contributed by atoms with van der Waals surface area (Å²) in [6, 6.07) is -0.432. The van der Waals surface area contributed by atoms with E-state index in [1.54, 1.807) is 6.08 Å². The number of allylic oxidation sites excluding steroid dienone is 1. The number of carboxylic acid groups (broad SMARTS) is 1. The van der Waals surface area contributed by atoms with Gasteiger partial charge < -0.3 is 10.2 Å². The molecule has 2 rings (SSSR count). The van der Waals surface area contributed by atoms with Gasteiger partial charge in [-0.3, -0.25) is 4.79 Å². The Morgan fingerprint density at radius 3 is 2.93 bits per heavy atom. The number of rotatable bonds is 0. The average molecular weight is 195 g/mol. The second kappa shape index (κ2) is 2.87. The molecule has 1 aliphatic carbocycles. The number of likely N-dealkylation sites (tertiary alicyclic amines) is 1. The number of aliphatic hydroxyl groups excluding tert-OH is 1. The van der Waals surface area contributed by atoms with E-state index < -0.39 is 18.0 Å². The highest BCUT2D eigenvalue weighted by atomic mass is 16.4. The van der Waals surface area contributed by atoms with Crippen molar-refractivity contribution in [1.82, 2.24) is 4.90 Å². The van der Waals surface area contributed by atoms with E-state index in [9.17, 15) is 9.59 Å². The number of imide groups is 1. The summed E-state index contributed by atoms with van der Waals surface area (Å²) in [7, 11) is 0. The Morgan fingerprint density at radius 2 is 2.36 bits per heavy atom. The van der Waals surface area contributed by atoms with Gasteiger partial charge in [-0.2, -0.15) is 0 Å². The van der Waals surface area contributed by atoms with Gasteiger partial charge in [0, 0.05) is 5.92 Å². The van der Waals surface area contributed by atoms with E-state index in [0.717, 1.165) is 11.2 Å². The minimum absolute atomic E-state index is 0.183. The fourth-order valence-corrected chi connectivity index (χ4v) is 2.01. The third-order valence-electron chi connectivity index (χ3n) is 2.64. The van der Waals surface area contributed by atoms with Crippen LogP contribution in [0.1, 0.15) is 6.42 Å². The summed E-state index contributed by atoms with van der Waals surface area (Å²) in [5.74, 6) is -0.817. The van der Waals surface area contributed by atoms with Crippen LogP contribution >= 0.6 is 0 Å². The molecule has 0 bridgehead atoms. The third-order valence-corrected chi connectivity index (χ3v) is 2.64. The summed E-state index contributed by atoms with van der Waals surface area (Å²) in [6.45, 7) is 0. The quantitative estimate of drug-likeness (QED) is 0.342. The van der Waals surface area contributed by atoms with Gasteiger partial charge in [-0.05, 0) is 6.42 Å². The Morgan fingerprint density at radius 1 is 1.64 bits per heavy atom. The molecule has 14 heavy (non-hydrogen) atoms. The SMILES string of the molecule is O=C(O)N1C(=O)C(=CO)[C@H]2CC=C[C@H]21. The maximum atomic E-state index is 11.5. The van der Waals surface area contributed by atoms with E-state index in [2.05, 4.69) is 0 Å². The first kappa shape index (κ1) is 8.80. The summed E-state index contributed by atoms with van der Waals surface area (Å²) >= 11 is 0. The first-order valence-corrected chi connectivity index (χ1v) is 4.24. The molecule has 0 radical (unpaired) electrons. The lowest BCUT2D eigenvalue weighted by molar-refractivity contribution is -0.123. The van der Waals surface area contributed by atoms with Crippen molar-refractivity contribution in [2.24, 2.45) is 5.92 Å². The molecular weight excluding hydrogens is 186 g/mol. The zero-order valence-electron chi connectivity index (χ0n) is 7.25. The van der Waals surface area contributed by atoms with Crippen molar-refractivity contribution in [2.45, 2.75) is 12.5 Å². The number of amides is 2. The van der Waals surface area contributed by atoms with E-state index >= 15 is 0 Å². The van der Waals surface area contributed by atoms with E-state index in [1.165, 1.54) is 0 Å². The lowest BCUT2D eigenvalue weighted by Gasteiger charge is -2.15. The number of hydrogen-bond donors (Lipinski definition) is 2. The number of aliphatic hydroxyl groups is 1. The molecule has 0 aromatic rings. The Balaban J connectivity index is 2.41. The zero-order valence-corrected chi connectivity index (χ0v) is 7.25.